The van der Waals surface area contributed by atoms with E-state index in [9.17, 15) is 9.90 Å². The Kier molecular flexibility index (Phi) is 9.18. The van der Waals surface area contributed by atoms with E-state index in [1.165, 1.54) is 5.56 Å². The molecule has 1 fully saturated rings. The topological polar surface area (TPSA) is 62.2 Å². The minimum absolute atomic E-state index is 0.0203. The van der Waals surface area contributed by atoms with Crippen LogP contribution in [-0.4, -0.2) is 66.5 Å². The third-order valence-electron chi connectivity index (χ3n) is 6.99. The van der Waals surface area contributed by atoms with Crippen molar-refractivity contribution < 1.29 is 19.4 Å². The quantitative estimate of drug-likeness (QED) is 0.545. The number of benzene rings is 2. The molecule has 2 aliphatic heterocycles. The molecule has 1 saturated heterocycles. The molecular formula is C30H36N2O4. The minimum Gasteiger partial charge on any atom is -0.459 e. The lowest BCUT2D eigenvalue weighted by Gasteiger charge is -2.39. The molecule has 0 spiro atoms. The molecule has 36 heavy (non-hydrogen) atoms. The molecule has 1 N–H and O–H groups in total. The van der Waals surface area contributed by atoms with Crippen molar-refractivity contribution in [2.45, 2.75) is 38.5 Å². The van der Waals surface area contributed by atoms with E-state index in [2.05, 4.69) is 35.1 Å². The van der Waals surface area contributed by atoms with E-state index in [-0.39, 0.29) is 24.3 Å². The molecule has 0 bridgehead atoms. The van der Waals surface area contributed by atoms with Crippen molar-refractivity contribution in [2.75, 3.05) is 39.4 Å². The van der Waals surface area contributed by atoms with Crippen molar-refractivity contribution in [1.82, 2.24) is 9.80 Å². The summed E-state index contributed by atoms with van der Waals surface area (Å²) < 4.78 is 12.2. The molecular weight excluding hydrogens is 452 g/mol. The number of hydrogen-bond acceptors (Lipinski definition) is 5. The maximum Gasteiger partial charge on any atom is 0.288 e. The molecule has 2 aliphatic rings. The number of aliphatic hydroxyl groups is 1. The molecule has 6 nitrogen and oxygen atoms in total. The monoisotopic (exact) mass is 488 g/mol. The summed E-state index contributed by atoms with van der Waals surface area (Å²) in [6, 6.07) is 18.3. The first kappa shape index (κ1) is 26.0. The van der Waals surface area contributed by atoms with Gasteiger partial charge in [0.05, 0.1) is 0 Å². The van der Waals surface area contributed by atoms with Crippen molar-refractivity contribution in [3.8, 4) is 12.3 Å². The first-order valence-corrected chi connectivity index (χ1v) is 12.9. The van der Waals surface area contributed by atoms with Gasteiger partial charge in [0.25, 0.3) is 5.91 Å². The van der Waals surface area contributed by atoms with Crippen molar-refractivity contribution in [2.24, 2.45) is 5.92 Å². The maximum absolute atomic E-state index is 13.6. The summed E-state index contributed by atoms with van der Waals surface area (Å²) in [6.45, 7) is 6.33. The number of hydrogen-bond donors (Lipinski definition) is 1. The number of aliphatic hydroxyl groups excluding tert-OH is 1. The predicted molar refractivity (Wildman–Crippen MR) is 140 cm³/mol. The van der Waals surface area contributed by atoms with Crippen LogP contribution in [0.25, 0.3) is 0 Å². The predicted octanol–water partition coefficient (Wildman–Crippen LogP) is 3.76. The molecule has 0 saturated carbocycles. The van der Waals surface area contributed by atoms with Gasteiger partial charge in [-0.15, -0.1) is 6.42 Å². The smallest absolute Gasteiger partial charge is 0.288 e. The molecule has 0 aromatic heterocycles. The van der Waals surface area contributed by atoms with Crippen molar-refractivity contribution >= 4 is 5.91 Å². The van der Waals surface area contributed by atoms with E-state index in [1.807, 2.05) is 48.2 Å². The fraction of sp³-hybridized carbons (Fsp3) is 0.433. The van der Waals surface area contributed by atoms with Gasteiger partial charge in [-0.1, -0.05) is 48.4 Å². The highest BCUT2D eigenvalue weighted by Gasteiger charge is 2.39. The van der Waals surface area contributed by atoms with Crippen LogP contribution in [0.5, 0.6) is 0 Å². The second kappa shape index (κ2) is 12.7. The highest BCUT2D eigenvalue weighted by Crippen LogP contribution is 2.39. The molecule has 0 radical (unpaired) electrons. The number of rotatable bonds is 9. The average molecular weight is 489 g/mol. The zero-order chi connectivity index (χ0) is 25.3. The molecule has 6 heteroatoms. The number of piperazine rings is 1. The summed E-state index contributed by atoms with van der Waals surface area (Å²) in [5.74, 6) is 2.81. The molecule has 4 rings (SSSR count). The Bertz CT molecular complexity index is 1050. The number of amides is 1. The summed E-state index contributed by atoms with van der Waals surface area (Å²) >= 11 is 0. The summed E-state index contributed by atoms with van der Waals surface area (Å²) in [7, 11) is 0. The molecule has 2 heterocycles. The van der Waals surface area contributed by atoms with Gasteiger partial charge in [0.1, 0.15) is 0 Å². The second-order valence-electron chi connectivity index (χ2n) is 9.35. The van der Waals surface area contributed by atoms with Gasteiger partial charge < -0.3 is 19.5 Å². The summed E-state index contributed by atoms with van der Waals surface area (Å²) in [5, 5.41) is 9.48. The van der Waals surface area contributed by atoms with Crippen LogP contribution < -0.4 is 0 Å². The SMILES string of the molecule is C#Cc1ccc([C@H]2C=C(C(=O)N3CCN(Cc4ccccc4)CC3)O[C@@H](OCC)[C@H]2CCCO)cc1. The standard InChI is InChI=1S/C30H36N2O4/c1-3-23-12-14-25(15-13-23)27-21-28(36-30(35-4-2)26(27)11-8-20-33)29(34)32-18-16-31(17-19-32)22-24-9-6-5-7-10-24/h1,5-7,9-10,12-15,21,26-27,30,33H,4,8,11,16-20,22H2,2H3/t26-,27+,30+/m0/s1. The van der Waals surface area contributed by atoms with Crippen LogP contribution in [0, 0.1) is 18.3 Å². The maximum atomic E-state index is 13.6. The number of carbonyl (C=O) groups excluding carboxylic acids is 1. The molecule has 190 valence electrons. The third kappa shape index (κ3) is 6.36. The third-order valence-corrected chi connectivity index (χ3v) is 6.99. The first-order chi connectivity index (χ1) is 17.6. The number of ether oxygens (including phenoxy) is 2. The Hall–Kier alpha value is -3.11. The molecule has 3 atom stereocenters. The van der Waals surface area contributed by atoms with E-state index in [1.54, 1.807) is 0 Å². The summed E-state index contributed by atoms with van der Waals surface area (Å²) in [5.41, 5.74) is 3.15. The lowest BCUT2D eigenvalue weighted by Crippen LogP contribution is -2.49. The van der Waals surface area contributed by atoms with Gasteiger partial charge in [-0.25, -0.2) is 0 Å². The van der Waals surface area contributed by atoms with Gasteiger partial charge in [0.2, 0.25) is 6.29 Å². The Morgan fingerprint density at radius 2 is 1.83 bits per heavy atom. The Balaban J connectivity index is 1.51. The van der Waals surface area contributed by atoms with Gasteiger partial charge in [-0.3, -0.25) is 9.69 Å². The lowest BCUT2D eigenvalue weighted by molar-refractivity contribution is -0.171. The van der Waals surface area contributed by atoms with E-state index in [0.29, 0.717) is 31.9 Å². The molecule has 0 aliphatic carbocycles. The van der Waals surface area contributed by atoms with E-state index in [0.717, 1.165) is 37.2 Å². The zero-order valence-electron chi connectivity index (χ0n) is 21.0. The minimum atomic E-state index is -0.554. The highest BCUT2D eigenvalue weighted by molar-refractivity contribution is 5.92. The Morgan fingerprint density at radius 3 is 2.47 bits per heavy atom. The highest BCUT2D eigenvalue weighted by atomic mass is 16.7. The fourth-order valence-corrected chi connectivity index (χ4v) is 5.05. The van der Waals surface area contributed by atoms with Gasteiger partial charge in [0, 0.05) is 63.3 Å². The van der Waals surface area contributed by atoms with Crippen molar-refractivity contribution in [3.05, 3.63) is 83.1 Å². The van der Waals surface area contributed by atoms with Crippen molar-refractivity contribution in [3.63, 3.8) is 0 Å². The van der Waals surface area contributed by atoms with Gasteiger partial charge in [0.15, 0.2) is 5.76 Å². The van der Waals surface area contributed by atoms with Crippen LogP contribution in [0.2, 0.25) is 0 Å². The van der Waals surface area contributed by atoms with E-state index in [4.69, 9.17) is 15.9 Å². The lowest BCUT2D eigenvalue weighted by atomic mass is 9.80. The van der Waals surface area contributed by atoms with Crippen LogP contribution in [0.4, 0.5) is 0 Å². The number of nitrogens with zero attached hydrogens (tertiary/aromatic N) is 2. The number of carbonyl (C=O) groups is 1. The van der Waals surface area contributed by atoms with Crippen LogP contribution >= 0.6 is 0 Å². The molecule has 2 aromatic carbocycles. The van der Waals surface area contributed by atoms with Crippen LogP contribution in [0.1, 0.15) is 42.4 Å². The number of allylic oxidation sites excluding steroid dienone is 1. The van der Waals surface area contributed by atoms with E-state index >= 15 is 0 Å². The molecule has 1 amide bonds. The van der Waals surface area contributed by atoms with Crippen LogP contribution in [0.15, 0.2) is 66.4 Å². The largest absolute Gasteiger partial charge is 0.459 e. The second-order valence-corrected chi connectivity index (χ2v) is 9.35. The van der Waals surface area contributed by atoms with Gasteiger partial charge >= 0.3 is 0 Å². The molecule has 2 aromatic rings. The van der Waals surface area contributed by atoms with Gasteiger partial charge in [-0.05, 0) is 49.1 Å². The van der Waals surface area contributed by atoms with Crippen LogP contribution in [-0.2, 0) is 20.8 Å². The fourth-order valence-electron chi connectivity index (χ4n) is 5.05. The van der Waals surface area contributed by atoms with E-state index < -0.39 is 6.29 Å². The van der Waals surface area contributed by atoms with Crippen molar-refractivity contribution in [1.29, 1.82) is 0 Å². The van der Waals surface area contributed by atoms with Gasteiger partial charge in [-0.2, -0.15) is 0 Å². The normalized spacial score (nSPS) is 22.4. The first-order valence-electron chi connectivity index (χ1n) is 12.9. The summed E-state index contributed by atoms with van der Waals surface area (Å²) in [6.07, 6.45) is 8.30. The Morgan fingerprint density at radius 1 is 1.11 bits per heavy atom. The average Bonchev–Trinajstić information content (AvgIpc) is 2.93. The molecule has 0 unspecified atom stereocenters. The van der Waals surface area contributed by atoms with Crippen LogP contribution in [0.3, 0.4) is 0 Å². The Labute approximate surface area is 214 Å². The zero-order valence-corrected chi connectivity index (χ0v) is 21.0. The summed E-state index contributed by atoms with van der Waals surface area (Å²) in [4.78, 5) is 17.8. The number of terminal acetylenes is 1.